The third kappa shape index (κ3) is 4.27. The van der Waals surface area contributed by atoms with Crippen molar-refractivity contribution < 1.29 is 9.53 Å². The molecule has 0 aliphatic carbocycles. The van der Waals surface area contributed by atoms with E-state index in [1.807, 2.05) is 29.2 Å². The van der Waals surface area contributed by atoms with Crippen molar-refractivity contribution >= 4 is 17.6 Å². The van der Waals surface area contributed by atoms with E-state index in [1.54, 1.807) is 23.4 Å². The molecule has 2 aromatic rings. The molecule has 7 heteroatoms. The van der Waals surface area contributed by atoms with Crippen molar-refractivity contribution in [3.8, 4) is 0 Å². The van der Waals surface area contributed by atoms with Crippen molar-refractivity contribution in [1.29, 1.82) is 0 Å². The lowest BCUT2D eigenvalue weighted by molar-refractivity contribution is 0.0499. The molecular weight excluding hydrogens is 328 g/mol. The molecular formula is C17H21ClN4O2. The average Bonchev–Trinajstić information content (AvgIpc) is 3.10. The van der Waals surface area contributed by atoms with Gasteiger partial charge in [-0.25, -0.2) is 19.9 Å². The minimum atomic E-state index is -0.126. The summed E-state index contributed by atoms with van der Waals surface area (Å²) in [4.78, 5) is 18.2. The van der Waals surface area contributed by atoms with E-state index < -0.39 is 0 Å². The van der Waals surface area contributed by atoms with E-state index in [0.717, 1.165) is 31.4 Å². The molecule has 1 atom stereocenters. The molecule has 0 radical (unpaired) electrons. The molecule has 24 heavy (non-hydrogen) atoms. The van der Waals surface area contributed by atoms with Gasteiger partial charge in [0.15, 0.2) is 0 Å². The van der Waals surface area contributed by atoms with Gasteiger partial charge in [-0.2, -0.15) is 0 Å². The van der Waals surface area contributed by atoms with E-state index in [9.17, 15) is 4.79 Å². The maximum atomic E-state index is 12.5. The number of carbonyl (C=O) groups excluding carboxylic acids is 1. The van der Waals surface area contributed by atoms with Crippen LogP contribution in [0.2, 0.25) is 5.02 Å². The minimum absolute atomic E-state index is 0.0739. The van der Waals surface area contributed by atoms with Gasteiger partial charge in [0, 0.05) is 24.0 Å². The zero-order valence-corrected chi connectivity index (χ0v) is 14.2. The molecule has 128 valence electrons. The average molecular weight is 349 g/mol. The molecule has 1 fully saturated rings. The lowest BCUT2D eigenvalue weighted by Gasteiger charge is -2.35. The number of benzene rings is 1. The van der Waals surface area contributed by atoms with Crippen LogP contribution in [0, 0.1) is 0 Å². The molecule has 1 N–H and O–H groups in total. The van der Waals surface area contributed by atoms with E-state index in [4.69, 9.17) is 16.3 Å². The minimum Gasteiger partial charge on any atom is -0.375 e. The van der Waals surface area contributed by atoms with Crippen LogP contribution in [0.5, 0.6) is 0 Å². The largest absolute Gasteiger partial charge is 0.375 e. The molecule has 0 saturated carbocycles. The number of nitrogens with one attached hydrogen (secondary N) is 1. The van der Waals surface area contributed by atoms with Crippen LogP contribution in [0.3, 0.4) is 0 Å². The number of nitrogens with zero attached hydrogens (tertiary/aromatic N) is 3. The molecule has 1 saturated heterocycles. The molecule has 2 heterocycles. The highest BCUT2D eigenvalue weighted by molar-refractivity contribution is 6.31. The second kappa shape index (κ2) is 8.17. The van der Waals surface area contributed by atoms with Crippen molar-refractivity contribution in [2.45, 2.75) is 31.9 Å². The van der Waals surface area contributed by atoms with E-state index in [1.165, 1.54) is 0 Å². The number of piperidine rings is 1. The van der Waals surface area contributed by atoms with Crippen LogP contribution in [-0.4, -0.2) is 39.8 Å². The first-order valence-corrected chi connectivity index (χ1v) is 8.48. The Morgan fingerprint density at radius 2 is 2.25 bits per heavy atom. The summed E-state index contributed by atoms with van der Waals surface area (Å²) in [7, 11) is 0. The lowest BCUT2D eigenvalue weighted by Crippen LogP contribution is -2.49. The van der Waals surface area contributed by atoms with E-state index in [0.29, 0.717) is 18.2 Å². The first-order valence-electron chi connectivity index (χ1n) is 8.11. The zero-order chi connectivity index (χ0) is 16.8. The second-order valence-electron chi connectivity index (χ2n) is 5.84. The summed E-state index contributed by atoms with van der Waals surface area (Å²) < 4.78 is 7.38. The zero-order valence-electron chi connectivity index (χ0n) is 13.4. The van der Waals surface area contributed by atoms with E-state index in [2.05, 4.69) is 10.4 Å². The highest BCUT2D eigenvalue weighted by Gasteiger charge is 2.27. The number of aromatic nitrogens is 2. The molecule has 1 aliphatic heterocycles. The fraction of sp³-hybridized carbons (Fsp3) is 0.412. The van der Waals surface area contributed by atoms with Crippen LogP contribution in [0.15, 0.2) is 43.0 Å². The van der Waals surface area contributed by atoms with Gasteiger partial charge >= 0.3 is 6.03 Å². The Morgan fingerprint density at radius 1 is 1.38 bits per heavy atom. The van der Waals surface area contributed by atoms with Crippen molar-refractivity contribution in [3.05, 3.63) is 53.6 Å². The first-order chi connectivity index (χ1) is 11.7. The molecule has 1 aliphatic rings. The van der Waals surface area contributed by atoms with Crippen molar-refractivity contribution in [1.82, 2.24) is 14.6 Å². The standard InChI is InChI=1S/C17H21ClN4O2/c18-16-7-2-1-5-14(16)11-24-12-15-6-3-4-9-22(15)17(23)20-21-10-8-19-13-21/h1-2,5,7-8,10,13,15H,3-4,6,9,11-12H2,(H,20,23)/t15-/m0/s1. The fourth-order valence-electron chi connectivity index (χ4n) is 2.86. The maximum Gasteiger partial charge on any atom is 0.336 e. The van der Waals surface area contributed by atoms with Gasteiger partial charge in [-0.3, -0.25) is 0 Å². The number of ether oxygens (including phenoxy) is 1. The Bertz CT molecular complexity index is 662. The summed E-state index contributed by atoms with van der Waals surface area (Å²) in [5, 5.41) is 0.704. The van der Waals surface area contributed by atoms with Gasteiger partial charge in [0.2, 0.25) is 0 Å². The normalized spacial score (nSPS) is 17.7. The monoisotopic (exact) mass is 348 g/mol. The quantitative estimate of drug-likeness (QED) is 0.902. The third-order valence-electron chi connectivity index (χ3n) is 4.14. The molecule has 0 bridgehead atoms. The van der Waals surface area contributed by atoms with Gasteiger partial charge in [-0.05, 0) is 30.9 Å². The Hall–Kier alpha value is -2.05. The number of rotatable bonds is 5. The first kappa shape index (κ1) is 16.8. The topological polar surface area (TPSA) is 59.4 Å². The number of imidazole rings is 1. The van der Waals surface area contributed by atoms with Crippen LogP contribution in [0.25, 0.3) is 0 Å². The third-order valence-corrected chi connectivity index (χ3v) is 4.51. The van der Waals surface area contributed by atoms with Crippen molar-refractivity contribution in [2.24, 2.45) is 0 Å². The summed E-state index contributed by atoms with van der Waals surface area (Å²) in [6.07, 6.45) is 7.95. The molecule has 2 amide bonds. The number of carbonyl (C=O) groups is 1. The molecule has 6 nitrogen and oxygen atoms in total. The maximum absolute atomic E-state index is 12.5. The Balaban J connectivity index is 1.54. The fourth-order valence-corrected chi connectivity index (χ4v) is 3.05. The van der Waals surface area contributed by atoms with Crippen molar-refractivity contribution in [3.63, 3.8) is 0 Å². The summed E-state index contributed by atoms with van der Waals surface area (Å²) in [5.41, 5.74) is 3.77. The SMILES string of the molecule is O=C(Nn1ccnc1)N1CCCC[C@H]1COCc1ccccc1Cl. The molecule has 3 rings (SSSR count). The molecule has 1 aromatic carbocycles. The Kier molecular flexibility index (Phi) is 5.72. The van der Waals surface area contributed by atoms with Crippen LogP contribution in [-0.2, 0) is 11.3 Å². The van der Waals surface area contributed by atoms with Gasteiger partial charge in [-0.15, -0.1) is 0 Å². The summed E-state index contributed by atoms with van der Waals surface area (Å²) >= 11 is 6.14. The number of hydrogen-bond acceptors (Lipinski definition) is 3. The Labute approximate surface area is 146 Å². The van der Waals surface area contributed by atoms with Gasteiger partial charge < -0.3 is 9.64 Å². The summed E-state index contributed by atoms with van der Waals surface area (Å²) in [6.45, 7) is 1.69. The van der Waals surface area contributed by atoms with Gasteiger partial charge in [0.05, 0.1) is 19.3 Å². The smallest absolute Gasteiger partial charge is 0.336 e. The van der Waals surface area contributed by atoms with Gasteiger partial charge in [-0.1, -0.05) is 29.8 Å². The van der Waals surface area contributed by atoms with Crippen LogP contribution >= 0.6 is 11.6 Å². The number of amides is 2. The number of halogens is 1. The highest BCUT2D eigenvalue weighted by Crippen LogP contribution is 2.20. The number of hydrogen-bond donors (Lipinski definition) is 1. The number of likely N-dealkylation sites (tertiary alicyclic amines) is 1. The summed E-state index contributed by atoms with van der Waals surface area (Å²) in [6, 6.07) is 7.59. The van der Waals surface area contributed by atoms with Gasteiger partial charge in [0.25, 0.3) is 0 Å². The second-order valence-corrected chi connectivity index (χ2v) is 6.24. The van der Waals surface area contributed by atoms with Crippen LogP contribution in [0.4, 0.5) is 4.79 Å². The predicted octanol–water partition coefficient (Wildman–Crippen LogP) is 3.27. The Morgan fingerprint density at radius 3 is 3.04 bits per heavy atom. The number of urea groups is 1. The molecule has 0 unspecified atom stereocenters. The van der Waals surface area contributed by atoms with Crippen LogP contribution in [0.1, 0.15) is 24.8 Å². The molecule has 0 spiro atoms. The van der Waals surface area contributed by atoms with Gasteiger partial charge in [0.1, 0.15) is 6.33 Å². The summed E-state index contributed by atoms with van der Waals surface area (Å²) in [5.74, 6) is 0. The highest BCUT2D eigenvalue weighted by atomic mass is 35.5. The predicted molar refractivity (Wildman–Crippen MR) is 92.4 cm³/mol. The van der Waals surface area contributed by atoms with E-state index in [-0.39, 0.29) is 12.1 Å². The van der Waals surface area contributed by atoms with Crippen LogP contribution < -0.4 is 5.43 Å². The lowest BCUT2D eigenvalue weighted by atomic mass is 10.0. The van der Waals surface area contributed by atoms with E-state index >= 15 is 0 Å². The van der Waals surface area contributed by atoms with Crippen molar-refractivity contribution in [2.75, 3.05) is 18.6 Å². The molecule has 1 aromatic heterocycles.